The molecule has 10 nitrogen and oxygen atoms in total. The molecule has 0 atom stereocenters. The molecule has 0 heterocycles. The molecule has 0 aliphatic carbocycles. The first kappa shape index (κ1) is 36.7. The summed E-state index contributed by atoms with van der Waals surface area (Å²) < 4.78 is 20.9. The van der Waals surface area contributed by atoms with Gasteiger partial charge in [-0.2, -0.15) is 0 Å². The smallest absolute Gasteiger partial charge is 0.330 e. The average Bonchev–Trinajstić information content (AvgIpc) is 2.88. The summed E-state index contributed by atoms with van der Waals surface area (Å²) in [6, 6.07) is 0. The van der Waals surface area contributed by atoms with E-state index < -0.39 is 63.5 Å². The Morgan fingerprint density at radius 2 is 1.07 bits per heavy atom. The Labute approximate surface area is 237 Å². The number of rotatable bonds is 17. The first-order valence-electron chi connectivity index (χ1n) is 13.3. The summed E-state index contributed by atoms with van der Waals surface area (Å²) in [5.41, 5.74) is -4.89. The molecular formula is C30H46O10. The van der Waals surface area contributed by atoms with Crippen LogP contribution in [0.3, 0.4) is 0 Å². The molecule has 0 amide bonds. The van der Waals surface area contributed by atoms with E-state index in [-0.39, 0.29) is 39.3 Å². The molecule has 0 radical (unpaired) electrons. The zero-order valence-electron chi connectivity index (χ0n) is 25.3. The third kappa shape index (κ3) is 11.1. The number of carbonyl (C=O) groups excluding carboxylic acids is 6. The van der Waals surface area contributed by atoms with E-state index in [2.05, 4.69) is 13.2 Å². The van der Waals surface area contributed by atoms with Crippen molar-refractivity contribution in [2.24, 2.45) is 21.7 Å². The van der Waals surface area contributed by atoms with Crippen LogP contribution in [0.25, 0.3) is 0 Å². The van der Waals surface area contributed by atoms with Crippen molar-refractivity contribution in [2.45, 2.75) is 81.1 Å². The molecule has 10 heteroatoms. The molecular weight excluding hydrogens is 520 g/mol. The third-order valence-corrected chi connectivity index (χ3v) is 6.40. The minimum absolute atomic E-state index is 0.0658. The Bertz CT molecular complexity index is 912. The van der Waals surface area contributed by atoms with Crippen molar-refractivity contribution in [3.8, 4) is 0 Å². The van der Waals surface area contributed by atoms with Crippen LogP contribution in [0.2, 0.25) is 0 Å². The second-order valence-electron chi connectivity index (χ2n) is 11.9. The molecule has 0 saturated carbocycles. The minimum Gasteiger partial charge on any atom is -0.466 e. The lowest BCUT2D eigenvalue weighted by Crippen LogP contribution is -2.51. The number of hydrogen-bond donors (Lipinski definition) is 0. The molecule has 226 valence electrons. The van der Waals surface area contributed by atoms with Crippen LogP contribution in [-0.4, -0.2) is 61.9 Å². The Kier molecular flexibility index (Phi) is 14.2. The highest BCUT2D eigenvalue weighted by Gasteiger charge is 2.54. The predicted octanol–water partition coefficient (Wildman–Crippen LogP) is 4.33. The zero-order valence-corrected chi connectivity index (χ0v) is 25.3. The molecule has 0 rings (SSSR count). The summed E-state index contributed by atoms with van der Waals surface area (Å²) in [5.74, 6) is -3.83. The second kappa shape index (κ2) is 15.5. The molecule has 0 aliphatic heterocycles. The highest BCUT2D eigenvalue weighted by Crippen LogP contribution is 2.43. The number of Topliss-reactive ketones (excluding diaryl/α,β-unsaturated/α-hetero) is 2. The summed E-state index contributed by atoms with van der Waals surface area (Å²) in [5, 5.41) is 0. The van der Waals surface area contributed by atoms with Gasteiger partial charge in [0.05, 0.1) is 23.9 Å². The molecule has 0 spiro atoms. The molecule has 0 aromatic carbocycles. The van der Waals surface area contributed by atoms with Gasteiger partial charge in [-0.15, -0.1) is 0 Å². The molecule has 0 aromatic heterocycles. The summed E-state index contributed by atoms with van der Waals surface area (Å²) in [7, 11) is 0. The van der Waals surface area contributed by atoms with Crippen LogP contribution in [0, 0.1) is 21.7 Å². The van der Waals surface area contributed by atoms with Gasteiger partial charge in [0.2, 0.25) is 0 Å². The lowest BCUT2D eigenvalue weighted by atomic mass is 9.61. The largest absolute Gasteiger partial charge is 0.466 e. The molecule has 0 unspecified atom stereocenters. The first-order valence-corrected chi connectivity index (χ1v) is 13.3. The van der Waals surface area contributed by atoms with Gasteiger partial charge in [0, 0.05) is 29.4 Å². The fourth-order valence-electron chi connectivity index (χ4n) is 4.09. The fraction of sp³-hybridized carbons (Fsp3) is 0.667. The SMILES string of the molecule is C=CC(=O)OCC(CC)(COC(=O)C=C)COC(=O)CCC(CC(=O)OCC)(C(=O)C(C)(C)C)C(=O)C(C)(C)C. The van der Waals surface area contributed by atoms with Crippen LogP contribution < -0.4 is 0 Å². The number of carbonyl (C=O) groups is 6. The fourth-order valence-corrected chi connectivity index (χ4v) is 4.09. The zero-order chi connectivity index (χ0) is 31.4. The van der Waals surface area contributed by atoms with Gasteiger partial charge >= 0.3 is 23.9 Å². The van der Waals surface area contributed by atoms with Crippen molar-refractivity contribution in [1.29, 1.82) is 0 Å². The summed E-state index contributed by atoms with van der Waals surface area (Å²) in [6.45, 7) is 19.2. The Balaban J connectivity index is 6.13. The van der Waals surface area contributed by atoms with Crippen molar-refractivity contribution in [2.75, 3.05) is 26.4 Å². The van der Waals surface area contributed by atoms with E-state index in [9.17, 15) is 28.8 Å². The van der Waals surface area contributed by atoms with Crippen molar-refractivity contribution < 1.29 is 47.7 Å². The highest BCUT2D eigenvalue weighted by atomic mass is 16.6. The van der Waals surface area contributed by atoms with Crippen LogP contribution in [0.4, 0.5) is 0 Å². The molecule has 0 bridgehead atoms. The van der Waals surface area contributed by atoms with E-state index in [1.807, 2.05) is 0 Å². The number of esters is 4. The van der Waals surface area contributed by atoms with Crippen LogP contribution in [0.15, 0.2) is 25.3 Å². The van der Waals surface area contributed by atoms with Gasteiger partial charge in [0.1, 0.15) is 19.8 Å². The maximum Gasteiger partial charge on any atom is 0.330 e. The second-order valence-corrected chi connectivity index (χ2v) is 11.9. The van der Waals surface area contributed by atoms with Gasteiger partial charge in [-0.3, -0.25) is 19.2 Å². The maximum absolute atomic E-state index is 13.8. The predicted molar refractivity (Wildman–Crippen MR) is 148 cm³/mol. The number of hydrogen-bond acceptors (Lipinski definition) is 10. The average molecular weight is 567 g/mol. The summed E-state index contributed by atoms with van der Waals surface area (Å²) in [6.07, 6.45) is 1.11. The minimum atomic E-state index is -1.82. The first-order chi connectivity index (χ1) is 18.3. The van der Waals surface area contributed by atoms with E-state index in [0.717, 1.165) is 12.2 Å². The Hall–Kier alpha value is -3.30. The monoisotopic (exact) mass is 566 g/mol. The molecule has 0 aromatic rings. The van der Waals surface area contributed by atoms with Crippen LogP contribution in [0.1, 0.15) is 81.1 Å². The normalized spacial score (nSPS) is 12.1. The van der Waals surface area contributed by atoms with E-state index >= 15 is 0 Å². The van der Waals surface area contributed by atoms with Crippen LogP contribution in [0.5, 0.6) is 0 Å². The van der Waals surface area contributed by atoms with Crippen molar-refractivity contribution in [3.63, 3.8) is 0 Å². The quantitative estimate of drug-likeness (QED) is 0.108. The van der Waals surface area contributed by atoms with E-state index in [1.54, 1.807) is 55.4 Å². The van der Waals surface area contributed by atoms with Crippen molar-refractivity contribution >= 4 is 35.4 Å². The summed E-state index contributed by atoms with van der Waals surface area (Å²) in [4.78, 5) is 76.5. The van der Waals surface area contributed by atoms with Crippen LogP contribution in [-0.2, 0) is 47.7 Å². The van der Waals surface area contributed by atoms with E-state index in [0.29, 0.717) is 6.42 Å². The molecule has 40 heavy (non-hydrogen) atoms. The van der Waals surface area contributed by atoms with Crippen molar-refractivity contribution in [1.82, 2.24) is 0 Å². The maximum atomic E-state index is 13.8. The molecule has 0 N–H and O–H groups in total. The molecule has 0 fully saturated rings. The van der Waals surface area contributed by atoms with E-state index in [1.165, 1.54) is 0 Å². The lowest BCUT2D eigenvalue weighted by molar-refractivity contribution is -0.163. The van der Waals surface area contributed by atoms with Gasteiger partial charge in [0.25, 0.3) is 0 Å². The third-order valence-electron chi connectivity index (χ3n) is 6.40. The molecule has 0 aliphatic rings. The Morgan fingerprint density at radius 1 is 0.650 bits per heavy atom. The Morgan fingerprint density at radius 3 is 1.43 bits per heavy atom. The van der Waals surface area contributed by atoms with Gasteiger partial charge in [-0.1, -0.05) is 61.6 Å². The standard InChI is InChI=1S/C30H46O10/c1-11-21(31)38-18-29(13-3,19-39-22(32)12-2)20-40-23(33)15-16-30(17-24(34)37-14-4,25(35)27(5,6)7)26(36)28(8,9)10/h11-12H,1-2,13-20H2,3-10H3. The van der Waals surface area contributed by atoms with Gasteiger partial charge < -0.3 is 18.9 Å². The molecule has 0 saturated heterocycles. The lowest BCUT2D eigenvalue weighted by Gasteiger charge is -2.39. The van der Waals surface area contributed by atoms with Crippen molar-refractivity contribution in [3.05, 3.63) is 25.3 Å². The highest BCUT2D eigenvalue weighted by molar-refractivity contribution is 6.12. The van der Waals surface area contributed by atoms with Crippen LogP contribution >= 0.6 is 0 Å². The van der Waals surface area contributed by atoms with Gasteiger partial charge in [-0.05, 0) is 19.8 Å². The number of ether oxygens (including phenoxy) is 4. The summed E-state index contributed by atoms with van der Waals surface area (Å²) >= 11 is 0. The van der Waals surface area contributed by atoms with Gasteiger partial charge in [-0.25, -0.2) is 9.59 Å². The number of ketones is 2. The van der Waals surface area contributed by atoms with Gasteiger partial charge in [0.15, 0.2) is 11.6 Å². The topological polar surface area (TPSA) is 139 Å². The van der Waals surface area contributed by atoms with E-state index in [4.69, 9.17) is 18.9 Å².